The van der Waals surface area contributed by atoms with Crippen molar-refractivity contribution in [3.8, 4) is 16.5 Å². The van der Waals surface area contributed by atoms with E-state index >= 15 is 0 Å². The van der Waals surface area contributed by atoms with Gasteiger partial charge >= 0.3 is 0 Å². The van der Waals surface area contributed by atoms with Crippen molar-refractivity contribution < 1.29 is 4.79 Å². The number of amides is 1. The number of rotatable bonds is 6. The Labute approximate surface area is 176 Å². The summed E-state index contributed by atoms with van der Waals surface area (Å²) in [5, 5.41) is 9.35. The van der Waals surface area contributed by atoms with Crippen LogP contribution in [0.2, 0.25) is 0 Å². The van der Waals surface area contributed by atoms with Crippen LogP contribution >= 0.6 is 11.3 Å². The van der Waals surface area contributed by atoms with Crippen LogP contribution in [0.5, 0.6) is 0 Å². The molecule has 0 fully saturated rings. The SMILES string of the molecule is CCc1cc(=O)[nH]c(-n2nc(-c3cccs3)cc2NC(=O)/C=C\c2ccccc2)n1. The van der Waals surface area contributed by atoms with Crippen LogP contribution in [0.25, 0.3) is 22.6 Å². The molecule has 4 rings (SSSR count). The largest absolute Gasteiger partial charge is 0.307 e. The van der Waals surface area contributed by atoms with Crippen molar-refractivity contribution in [3.63, 3.8) is 0 Å². The summed E-state index contributed by atoms with van der Waals surface area (Å²) in [6, 6.07) is 16.6. The predicted octanol–water partition coefficient (Wildman–Crippen LogP) is 3.90. The summed E-state index contributed by atoms with van der Waals surface area (Å²) in [4.78, 5) is 32.7. The number of carbonyl (C=O) groups is 1. The molecular weight excluding hydrogens is 398 g/mol. The molecule has 0 saturated carbocycles. The maximum absolute atomic E-state index is 12.5. The summed E-state index contributed by atoms with van der Waals surface area (Å²) in [6.45, 7) is 1.92. The Hall–Kier alpha value is -3.78. The highest BCUT2D eigenvalue weighted by Crippen LogP contribution is 2.27. The molecule has 0 spiro atoms. The van der Waals surface area contributed by atoms with E-state index < -0.39 is 0 Å². The number of carbonyl (C=O) groups excluding carboxylic acids is 1. The van der Waals surface area contributed by atoms with Crippen LogP contribution in [0.15, 0.2) is 70.8 Å². The van der Waals surface area contributed by atoms with Crippen molar-refractivity contribution in [2.24, 2.45) is 0 Å². The molecule has 0 aliphatic rings. The van der Waals surface area contributed by atoms with Crippen molar-refractivity contribution in [2.45, 2.75) is 13.3 Å². The van der Waals surface area contributed by atoms with Crippen LogP contribution in [0.4, 0.5) is 5.82 Å². The van der Waals surface area contributed by atoms with Crippen LogP contribution in [0, 0.1) is 0 Å². The molecule has 0 aliphatic carbocycles. The predicted molar refractivity (Wildman–Crippen MR) is 119 cm³/mol. The zero-order valence-electron chi connectivity index (χ0n) is 16.2. The topological polar surface area (TPSA) is 92.7 Å². The summed E-state index contributed by atoms with van der Waals surface area (Å²) < 4.78 is 1.45. The maximum atomic E-state index is 12.5. The van der Waals surface area contributed by atoms with E-state index in [-0.39, 0.29) is 17.4 Å². The summed E-state index contributed by atoms with van der Waals surface area (Å²) in [6.07, 6.45) is 3.79. The van der Waals surface area contributed by atoms with Crippen molar-refractivity contribution in [3.05, 3.63) is 87.7 Å². The molecule has 2 N–H and O–H groups in total. The van der Waals surface area contributed by atoms with Crippen LogP contribution in [-0.2, 0) is 11.2 Å². The van der Waals surface area contributed by atoms with E-state index in [4.69, 9.17) is 0 Å². The summed E-state index contributed by atoms with van der Waals surface area (Å²) in [5.41, 5.74) is 1.97. The quantitative estimate of drug-likeness (QED) is 0.466. The molecule has 0 atom stereocenters. The first kappa shape index (κ1) is 19.5. The Balaban J connectivity index is 1.69. The average Bonchev–Trinajstić information content (AvgIpc) is 3.42. The number of aromatic amines is 1. The number of nitrogens with one attached hydrogen (secondary N) is 2. The fourth-order valence-corrected chi connectivity index (χ4v) is 3.54. The summed E-state index contributed by atoms with van der Waals surface area (Å²) >= 11 is 1.54. The third-order valence-corrected chi connectivity index (χ3v) is 5.20. The lowest BCUT2D eigenvalue weighted by Crippen LogP contribution is -2.18. The number of H-pyrrole nitrogens is 1. The van der Waals surface area contributed by atoms with Gasteiger partial charge in [-0.15, -0.1) is 11.3 Å². The lowest BCUT2D eigenvalue weighted by atomic mass is 10.2. The number of aromatic nitrogens is 4. The molecule has 1 aromatic carbocycles. The van der Waals surface area contributed by atoms with E-state index in [1.807, 2.05) is 54.8 Å². The van der Waals surface area contributed by atoms with Gasteiger partial charge in [0.2, 0.25) is 11.9 Å². The molecule has 3 heterocycles. The molecule has 0 unspecified atom stereocenters. The van der Waals surface area contributed by atoms with E-state index in [1.54, 1.807) is 12.1 Å². The normalized spacial score (nSPS) is 11.1. The molecular formula is C22H19N5O2S. The number of anilines is 1. The van der Waals surface area contributed by atoms with E-state index in [2.05, 4.69) is 20.4 Å². The molecule has 4 aromatic rings. The Morgan fingerprint density at radius 2 is 2.03 bits per heavy atom. The molecule has 8 heteroatoms. The Kier molecular flexibility index (Phi) is 5.67. The third-order valence-electron chi connectivity index (χ3n) is 4.31. The highest BCUT2D eigenvalue weighted by atomic mass is 32.1. The van der Waals surface area contributed by atoms with Crippen LogP contribution in [0.3, 0.4) is 0 Å². The smallest absolute Gasteiger partial charge is 0.252 e. The van der Waals surface area contributed by atoms with Crippen molar-refractivity contribution in [1.82, 2.24) is 19.7 Å². The Morgan fingerprint density at radius 1 is 1.20 bits per heavy atom. The van der Waals surface area contributed by atoms with Gasteiger partial charge in [-0.3, -0.25) is 14.6 Å². The van der Waals surface area contributed by atoms with Gasteiger partial charge in [0.25, 0.3) is 5.56 Å². The first-order chi connectivity index (χ1) is 14.6. The van der Waals surface area contributed by atoms with E-state index in [9.17, 15) is 9.59 Å². The van der Waals surface area contributed by atoms with Crippen LogP contribution in [-0.4, -0.2) is 25.7 Å². The second-order valence-corrected chi connectivity index (χ2v) is 7.40. The van der Waals surface area contributed by atoms with Gasteiger partial charge in [-0.05, 0) is 29.5 Å². The van der Waals surface area contributed by atoms with Gasteiger partial charge in [0, 0.05) is 23.9 Å². The highest BCUT2D eigenvalue weighted by Gasteiger charge is 2.15. The maximum Gasteiger partial charge on any atom is 0.252 e. The van der Waals surface area contributed by atoms with Gasteiger partial charge in [0.1, 0.15) is 11.5 Å². The molecule has 7 nitrogen and oxygen atoms in total. The first-order valence-corrected chi connectivity index (χ1v) is 10.3. The van der Waals surface area contributed by atoms with Gasteiger partial charge in [-0.25, -0.2) is 4.98 Å². The minimum Gasteiger partial charge on any atom is -0.307 e. The highest BCUT2D eigenvalue weighted by molar-refractivity contribution is 7.13. The molecule has 0 aliphatic heterocycles. The lowest BCUT2D eigenvalue weighted by Gasteiger charge is -2.07. The zero-order valence-corrected chi connectivity index (χ0v) is 17.0. The molecule has 150 valence electrons. The number of aryl methyl sites for hydroxylation is 1. The van der Waals surface area contributed by atoms with E-state index in [0.717, 1.165) is 10.4 Å². The van der Waals surface area contributed by atoms with E-state index in [1.165, 1.54) is 28.2 Å². The fraction of sp³-hybridized carbons (Fsp3) is 0.0909. The zero-order chi connectivity index (χ0) is 20.9. The van der Waals surface area contributed by atoms with Crippen LogP contribution in [0.1, 0.15) is 18.2 Å². The van der Waals surface area contributed by atoms with Crippen LogP contribution < -0.4 is 10.9 Å². The second-order valence-electron chi connectivity index (χ2n) is 6.45. The third kappa shape index (κ3) is 4.44. The lowest BCUT2D eigenvalue weighted by molar-refractivity contribution is -0.111. The molecule has 30 heavy (non-hydrogen) atoms. The molecule has 0 radical (unpaired) electrons. The average molecular weight is 417 g/mol. The molecule has 0 bridgehead atoms. The number of nitrogens with zero attached hydrogens (tertiary/aromatic N) is 3. The van der Waals surface area contributed by atoms with Gasteiger partial charge in [0.15, 0.2) is 0 Å². The summed E-state index contributed by atoms with van der Waals surface area (Å²) in [7, 11) is 0. The monoisotopic (exact) mass is 417 g/mol. The minimum atomic E-state index is -0.313. The first-order valence-electron chi connectivity index (χ1n) is 9.41. The molecule has 0 saturated heterocycles. The second kappa shape index (κ2) is 8.71. The van der Waals surface area contributed by atoms with Gasteiger partial charge in [0.05, 0.1) is 4.88 Å². The minimum absolute atomic E-state index is 0.254. The summed E-state index contributed by atoms with van der Waals surface area (Å²) in [5.74, 6) is 0.355. The fourth-order valence-electron chi connectivity index (χ4n) is 2.86. The van der Waals surface area contributed by atoms with Crippen molar-refractivity contribution in [1.29, 1.82) is 0 Å². The Morgan fingerprint density at radius 3 is 2.77 bits per heavy atom. The number of benzene rings is 1. The van der Waals surface area contributed by atoms with Gasteiger partial charge in [-0.2, -0.15) is 9.78 Å². The van der Waals surface area contributed by atoms with Crippen molar-refractivity contribution >= 4 is 29.1 Å². The molecule has 3 aromatic heterocycles. The number of hydrogen-bond donors (Lipinski definition) is 2. The van der Waals surface area contributed by atoms with E-state index in [0.29, 0.717) is 23.6 Å². The standard InChI is InChI=1S/C22H19N5O2S/c1-2-16-13-21(29)25-22(23-16)27-19(14-17(26-27)18-9-6-12-30-18)24-20(28)11-10-15-7-4-3-5-8-15/h3-14H,2H2,1H3,(H,24,28)(H,23,25,29)/b11-10-. The Bertz CT molecular complexity index is 1240. The molecule has 1 amide bonds. The van der Waals surface area contributed by atoms with Crippen molar-refractivity contribution in [2.75, 3.05) is 5.32 Å². The number of hydrogen-bond acceptors (Lipinski definition) is 5. The van der Waals surface area contributed by atoms with Gasteiger partial charge in [-0.1, -0.05) is 43.3 Å². The number of thiophene rings is 1. The van der Waals surface area contributed by atoms with Gasteiger partial charge < -0.3 is 5.32 Å².